The molecule has 1 saturated heterocycles. The van der Waals surface area contributed by atoms with E-state index in [0.717, 1.165) is 22.0 Å². The maximum atomic E-state index is 13.0. The van der Waals surface area contributed by atoms with Crippen LogP contribution < -0.4 is 0 Å². The average Bonchev–Trinajstić information content (AvgIpc) is 3.16. The first-order valence-electron chi connectivity index (χ1n) is 9.39. The summed E-state index contributed by atoms with van der Waals surface area (Å²) < 4.78 is 5.34. The van der Waals surface area contributed by atoms with Crippen LogP contribution in [0.25, 0.3) is 10.9 Å². The number of halogens is 1. The van der Waals surface area contributed by atoms with Crippen molar-refractivity contribution in [1.82, 2.24) is 9.88 Å². The van der Waals surface area contributed by atoms with Crippen molar-refractivity contribution in [1.29, 1.82) is 0 Å². The number of carbonyl (C=O) groups is 1. The summed E-state index contributed by atoms with van der Waals surface area (Å²) in [5, 5.41) is 12.6. The minimum atomic E-state index is -0.410. The lowest BCUT2D eigenvalue weighted by Gasteiger charge is -2.28. The first-order valence-corrected chi connectivity index (χ1v) is 9.77. The highest BCUT2D eigenvalue weighted by Gasteiger charge is 2.26. The molecule has 1 N–H and O–H groups in total. The molecule has 1 aliphatic heterocycles. The molecular weight excluding hydrogens is 394 g/mol. The number of aromatic nitrogens is 1. The molecule has 1 amide bonds. The fourth-order valence-electron chi connectivity index (χ4n) is 3.75. The van der Waals surface area contributed by atoms with Gasteiger partial charge in [0.15, 0.2) is 0 Å². The van der Waals surface area contributed by atoms with Gasteiger partial charge in [0.2, 0.25) is 5.91 Å². The van der Waals surface area contributed by atoms with E-state index in [-0.39, 0.29) is 23.9 Å². The molecule has 1 aromatic heterocycles. The summed E-state index contributed by atoms with van der Waals surface area (Å²) in [4.78, 5) is 28.8. The molecule has 150 valence electrons. The Bertz CT molecular complexity index is 1040. The molecule has 1 aliphatic rings. The lowest BCUT2D eigenvalue weighted by Crippen LogP contribution is -2.41. The smallest absolute Gasteiger partial charge is 0.270 e. The predicted molar refractivity (Wildman–Crippen MR) is 110 cm³/mol. The Morgan fingerprint density at radius 3 is 2.62 bits per heavy atom. The van der Waals surface area contributed by atoms with Crippen LogP contribution in [0.2, 0.25) is 5.02 Å². The number of nitro benzene ring substituents is 1. The van der Waals surface area contributed by atoms with E-state index in [1.165, 1.54) is 6.07 Å². The van der Waals surface area contributed by atoms with E-state index in [1.807, 2.05) is 23.2 Å². The molecule has 0 unspecified atom stereocenters. The van der Waals surface area contributed by atoms with Gasteiger partial charge in [-0.25, -0.2) is 0 Å². The number of rotatable bonds is 5. The molecule has 0 saturated carbocycles. The molecule has 0 bridgehead atoms. The maximum absolute atomic E-state index is 13.0. The van der Waals surface area contributed by atoms with E-state index in [4.69, 9.17) is 16.3 Å². The summed E-state index contributed by atoms with van der Waals surface area (Å²) in [6.07, 6.45) is 2.09. The molecule has 1 fully saturated rings. The van der Waals surface area contributed by atoms with Gasteiger partial charge in [-0.2, -0.15) is 0 Å². The van der Waals surface area contributed by atoms with Gasteiger partial charge in [-0.15, -0.1) is 0 Å². The molecule has 29 heavy (non-hydrogen) atoms. The van der Waals surface area contributed by atoms with E-state index in [0.29, 0.717) is 31.3 Å². The van der Waals surface area contributed by atoms with Gasteiger partial charge in [-0.05, 0) is 29.3 Å². The van der Waals surface area contributed by atoms with Gasteiger partial charge in [0, 0.05) is 59.7 Å². The summed E-state index contributed by atoms with van der Waals surface area (Å²) in [6.45, 7) is 2.23. The van der Waals surface area contributed by atoms with Crippen LogP contribution in [0, 0.1) is 10.1 Å². The van der Waals surface area contributed by atoms with Crippen LogP contribution in [-0.4, -0.2) is 47.0 Å². The van der Waals surface area contributed by atoms with Gasteiger partial charge < -0.3 is 14.6 Å². The normalized spacial score (nSPS) is 15.4. The van der Waals surface area contributed by atoms with Crippen molar-refractivity contribution in [2.75, 3.05) is 26.3 Å². The van der Waals surface area contributed by atoms with Gasteiger partial charge in [-0.3, -0.25) is 14.9 Å². The van der Waals surface area contributed by atoms with Gasteiger partial charge in [0.05, 0.1) is 18.1 Å². The van der Waals surface area contributed by atoms with E-state index in [2.05, 4.69) is 4.98 Å². The minimum absolute atomic E-state index is 0.0210. The summed E-state index contributed by atoms with van der Waals surface area (Å²) in [5.41, 5.74) is 2.60. The number of benzene rings is 2. The largest absolute Gasteiger partial charge is 0.378 e. The number of aromatic amines is 1. The SMILES string of the molecule is O=C(C[C@H](c1ccc(Cl)cc1)c1c[nH]c2ccc([N+](=O)[O-])cc12)N1CCOCC1. The predicted octanol–water partition coefficient (Wildman–Crippen LogP) is 4.11. The number of nitrogens with zero attached hydrogens (tertiary/aromatic N) is 2. The molecule has 0 aliphatic carbocycles. The molecule has 4 rings (SSSR count). The fraction of sp³-hybridized carbons (Fsp3) is 0.286. The zero-order valence-electron chi connectivity index (χ0n) is 15.6. The molecule has 2 aromatic carbocycles. The standard InChI is InChI=1S/C21H20ClN3O4/c22-15-3-1-14(2-4-15)17(12-21(26)24-7-9-29-10-8-24)19-13-23-20-6-5-16(25(27)28)11-18(19)20/h1-6,11,13,17,23H,7-10,12H2/t17-/m1/s1. The second-order valence-electron chi connectivity index (χ2n) is 7.03. The molecule has 3 aromatic rings. The van der Waals surface area contributed by atoms with Crippen molar-refractivity contribution in [3.8, 4) is 0 Å². The average molecular weight is 414 g/mol. The summed E-state index contributed by atoms with van der Waals surface area (Å²) in [5.74, 6) is -0.216. The molecular formula is C21H20ClN3O4. The fourth-order valence-corrected chi connectivity index (χ4v) is 3.88. The summed E-state index contributed by atoms with van der Waals surface area (Å²) in [6, 6.07) is 12.1. The summed E-state index contributed by atoms with van der Waals surface area (Å²) >= 11 is 6.05. The Morgan fingerprint density at radius 2 is 1.93 bits per heavy atom. The Balaban J connectivity index is 1.74. The first-order chi connectivity index (χ1) is 14.0. The zero-order valence-corrected chi connectivity index (χ0v) is 16.4. The van der Waals surface area contributed by atoms with Crippen molar-refractivity contribution < 1.29 is 14.5 Å². The number of non-ortho nitro benzene ring substituents is 1. The van der Waals surface area contributed by atoms with Gasteiger partial charge in [-0.1, -0.05) is 23.7 Å². The van der Waals surface area contributed by atoms with Gasteiger partial charge >= 0.3 is 0 Å². The number of hydrogen-bond acceptors (Lipinski definition) is 4. The zero-order chi connectivity index (χ0) is 20.4. The Kier molecular flexibility index (Phi) is 5.51. The van der Waals surface area contributed by atoms with Crippen LogP contribution in [0.1, 0.15) is 23.5 Å². The van der Waals surface area contributed by atoms with Crippen LogP contribution in [0.15, 0.2) is 48.7 Å². The molecule has 1 atom stereocenters. The van der Waals surface area contributed by atoms with Gasteiger partial charge in [0.1, 0.15) is 0 Å². The van der Waals surface area contributed by atoms with Crippen LogP contribution in [0.5, 0.6) is 0 Å². The first kappa shape index (κ1) is 19.4. The van der Waals surface area contributed by atoms with E-state index in [1.54, 1.807) is 24.3 Å². The number of morpholine rings is 1. The van der Waals surface area contributed by atoms with Crippen LogP contribution >= 0.6 is 11.6 Å². The quantitative estimate of drug-likeness (QED) is 0.503. The monoisotopic (exact) mass is 413 g/mol. The van der Waals surface area contributed by atoms with Crippen LogP contribution in [0.3, 0.4) is 0 Å². The number of amides is 1. The maximum Gasteiger partial charge on any atom is 0.270 e. The number of H-pyrrole nitrogens is 1. The Labute approximate surface area is 172 Å². The molecule has 8 heteroatoms. The lowest BCUT2D eigenvalue weighted by atomic mass is 9.87. The molecule has 2 heterocycles. The van der Waals surface area contributed by atoms with E-state index in [9.17, 15) is 14.9 Å². The Hall–Kier alpha value is -2.90. The third kappa shape index (κ3) is 4.11. The van der Waals surface area contributed by atoms with Crippen LogP contribution in [0.4, 0.5) is 5.69 Å². The second kappa shape index (κ2) is 8.23. The summed E-state index contributed by atoms with van der Waals surface area (Å²) in [7, 11) is 0. The van der Waals surface area contributed by atoms with Crippen molar-refractivity contribution >= 4 is 34.1 Å². The number of nitrogens with one attached hydrogen (secondary N) is 1. The third-order valence-corrected chi connectivity index (χ3v) is 5.55. The van der Waals surface area contributed by atoms with E-state index >= 15 is 0 Å². The molecule has 0 spiro atoms. The van der Waals surface area contributed by atoms with Gasteiger partial charge in [0.25, 0.3) is 5.69 Å². The highest BCUT2D eigenvalue weighted by molar-refractivity contribution is 6.30. The lowest BCUT2D eigenvalue weighted by molar-refractivity contribution is -0.384. The van der Waals surface area contributed by atoms with Crippen molar-refractivity contribution in [2.45, 2.75) is 12.3 Å². The van der Waals surface area contributed by atoms with Crippen LogP contribution in [-0.2, 0) is 9.53 Å². The van der Waals surface area contributed by atoms with E-state index < -0.39 is 4.92 Å². The third-order valence-electron chi connectivity index (χ3n) is 5.30. The van der Waals surface area contributed by atoms with Crippen molar-refractivity contribution in [3.63, 3.8) is 0 Å². The highest BCUT2D eigenvalue weighted by atomic mass is 35.5. The minimum Gasteiger partial charge on any atom is -0.378 e. The number of hydrogen-bond donors (Lipinski definition) is 1. The van der Waals surface area contributed by atoms with Crippen molar-refractivity contribution in [2.24, 2.45) is 0 Å². The number of carbonyl (C=O) groups excluding carboxylic acids is 1. The highest BCUT2D eigenvalue weighted by Crippen LogP contribution is 2.35. The topological polar surface area (TPSA) is 88.5 Å². The second-order valence-corrected chi connectivity index (χ2v) is 7.47. The molecule has 7 nitrogen and oxygen atoms in total. The number of fused-ring (bicyclic) bond motifs is 1. The Morgan fingerprint density at radius 1 is 1.21 bits per heavy atom. The van der Waals surface area contributed by atoms with Crippen molar-refractivity contribution in [3.05, 3.63) is 74.9 Å². The number of ether oxygens (including phenoxy) is 1. The number of nitro groups is 1. The molecule has 0 radical (unpaired) electrons.